The normalized spacial score (nSPS) is 31.1. The van der Waals surface area contributed by atoms with Gasteiger partial charge >= 0.3 is 0 Å². The van der Waals surface area contributed by atoms with Crippen molar-refractivity contribution in [2.24, 2.45) is 17.1 Å². The van der Waals surface area contributed by atoms with E-state index in [0.717, 1.165) is 38.5 Å². The quantitative estimate of drug-likeness (QED) is 0.818. The zero-order valence-corrected chi connectivity index (χ0v) is 11.3. The summed E-state index contributed by atoms with van der Waals surface area (Å²) in [6.07, 6.45) is 6.41. The van der Waals surface area contributed by atoms with Crippen molar-refractivity contribution in [3.63, 3.8) is 0 Å². The van der Waals surface area contributed by atoms with Gasteiger partial charge in [0.25, 0.3) is 0 Å². The van der Waals surface area contributed by atoms with Crippen molar-refractivity contribution in [1.82, 2.24) is 4.90 Å². The van der Waals surface area contributed by atoms with Crippen LogP contribution < -0.4 is 5.73 Å². The summed E-state index contributed by atoms with van der Waals surface area (Å²) in [7, 11) is 0. The Bertz CT molecular complexity index is 226. The van der Waals surface area contributed by atoms with Crippen LogP contribution in [0.15, 0.2) is 0 Å². The Kier molecular flexibility index (Phi) is 4.83. The van der Waals surface area contributed by atoms with Crippen LogP contribution >= 0.6 is 0 Å². The number of ether oxygens (including phenoxy) is 1. The first-order valence-corrected chi connectivity index (χ1v) is 7.24. The van der Waals surface area contributed by atoms with Gasteiger partial charge in [0.2, 0.25) is 0 Å². The monoisotopic (exact) mass is 240 g/mol. The summed E-state index contributed by atoms with van der Waals surface area (Å²) in [5.74, 6) is 0.906. The molecule has 0 aromatic rings. The average Bonchev–Trinajstić information content (AvgIpc) is 2.56. The Balaban J connectivity index is 1.88. The number of likely N-dealkylation sites (tertiary alicyclic amines) is 1. The van der Waals surface area contributed by atoms with E-state index in [1.165, 1.54) is 38.9 Å². The number of hydrogen-bond donors (Lipinski definition) is 1. The maximum Gasteiger partial charge on any atom is 0.0472 e. The van der Waals surface area contributed by atoms with Crippen LogP contribution in [0.5, 0.6) is 0 Å². The standard InChI is InChI=1S/C14H28N2O/c1-13-3-2-7-16(8-4-13)12-14(11-15)5-9-17-10-6-14/h13H,2-12,15H2,1H3. The van der Waals surface area contributed by atoms with Gasteiger partial charge in [-0.1, -0.05) is 6.92 Å². The number of nitrogens with two attached hydrogens (primary N) is 1. The summed E-state index contributed by atoms with van der Waals surface area (Å²) < 4.78 is 5.48. The van der Waals surface area contributed by atoms with Gasteiger partial charge in [0.1, 0.15) is 0 Å². The van der Waals surface area contributed by atoms with Crippen molar-refractivity contribution in [2.45, 2.75) is 39.0 Å². The van der Waals surface area contributed by atoms with Crippen LogP contribution in [0, 0.1) is 11.3 Å². The summed E-state index contributed by atoms with van der Waals surface area (Å²) >= 11 is 0. The van der Waals surface area contributed by atoms with E-state index in [1.54, 1.807) is 0 Å². The summed E-state index contributed by atoms with van der Waals surface area (Å²) in [6.45, 7) is 8.75. The van der Waals surface area contributed by atoms with Crippen molar-refractivity contribution >= 4 is 0 Å². The van der Waals surface area contributed by atoms with Crippen molar-refractivity contribution in [1.29, 1.82) is 0 Å². The van der Waals surface area contributed by atoms with Gasteiger partial charge in [-0.2, -0.15) is 0 Å². The second kappa shape index (κ2) is 6.17. The SMILES string of the molecule is CC1CCCN(CC2(CN)CCOCC2)CC1. The van der Waals surface area contributed by atoms with E-state index < -0.39 is 0 Å². The molecular weight excluding hydrogens is 212 g/mol. The van der Waals surface area contributed by atoms with Gasteiger partial charge in [-0.05, 0) is 63.1 Å². The lowest BCUT2D eigenvalue weighted by Gasteiger charge is -2.40. The fourth-order valence-corrected chi connectivity index (χ4v) is 3.19. The fraction of sp³-hybridized carbons (Fsp3) is 1.00. The molecule has 2 heterocycles. The zero-order chi connectivity index (χ0) is 12.1. The molecule has 3 heteroatoms. The Morgan fingerprint density at radius 3 is 2.71 bits per heavy atom. The van der Waals surface area contributed by atoms with Gasteiger partial charge in [-0.3, -0.25) is 0 Å². The zero-order valence-electron chi connectivity index (χ0n) is 11.3. The molecule has 0 aliphatic carbocycles. The summed E-state index contributed by atoms with van der Waals surface area (Å²) in [4.78, 5) is 2.65. The first kappa shape index (κ1) is 13.3. The second-order valence-corrected chi connectivity index (χ2v) is 6.13. The van der Waals surface area contributed by atoms with E-state index in [0.29, 0.717) is 5.41 Å². The Morgan fingerprint density at radius 2 is 2.00 bits per heavy atom. The Morgan fingerprint density at radius 1 is 1.24 bits per heavy atom. The van der Waals surface area contributed by atoms with Gasteiger partial charge in [-0.15, -0.1) is 0 Å². The molecule has 0 radical (unpaired) electrons. The van der Waals surface area contributed by atoms with Crippen molar-refractivity contribution < 1.29 is 4.74 Å². The van der Waals surface area contributed by atoms with Crippen molar-refractivity contribution in [3.05, 3.63) is 0 Å². The van der Waals surface area contributed by atoms with Gasteiger partial charge < -0.3 is 15.4 Å². The summed E-state index contributed by atoms with van der Waals surface area (Å²) in [5, 5.41) is 0. The first-order chi connectivity index (χ1) is 8.24. The third-order valence-electron chi connectivity index (χ3n) is 4.65. The van der Waals surface area contributed by atoms with Crippen molar-refractivity contribution in [2.75, 3.05) is 39.4 Å². The van der Waals surface area contributed by atoms with E-state index in [-0.39, 0.29) is 0 Å². The summed E-state index contributed by atoms with van der Waals surface area (Å²) in [6, 6.07) is 0. The van der Waals surface area contributed by atoms with Crippen LogP contribution in [-0.4, -0.2) is 44.3 Å². The lowest BCUT2D eigenvalue weighted by atomic mass is 9.79. The minimum absolute atomic E-state index is 0.339. The molecule has 2 saturated heterocycles. The van der Waals surface area contributed by atoms with E-state index in [1.807, 2.05) is 0 Å². The molecule has 1 unspecified atom stereocenters. The molecule has 0 spiro atoms. The molecule has 1 atom stereocenters. The van der Waals surface area contributed by atoms with E-state index in [9.17, 15) is 0 Å². The van der Waals surface area contributed by atoms with E-state index >= 15 is 0 Å². The third kappa shape index (κ3) is 3.67. The van der Waals surface area contributed by atoms with Gasteiger partial charge in [0.15, 0.2) is 0 Å². The highest BCUT2D eigenvalue weighted by Gasteiger charge is 2.33. The summed E-state index contributed by atoms with van der Waals surface area (Å²) in [5.41, 5.74) is 6.38. The van der Waals surface area contributed by atoms with Gasteiger partial charge in [0, 0.05) is 19.8 Å². The van der Waals surface area contributed by atoms with Crippen molar-refractivity contribution in [3.8, 4) is 0 Å². The fourth-order valence-electron chi connectivity index (χ4n) is 3.19. The smallest absolute Gasteiger partial charge is 0.0472 e. The molecular formula is C14H28N2O. The van der Waals surface area contributed by atoms with Crippen LogP contribution in [0.2, 0.25) is 0 Å². The molecule has 0 aromatic carbocycles. The first-order valence-electron chi connectivity index (χ1n) is 7.24. The molecule has 0 amide bonds. The van der Waals surface area contributed by atoms with Gasteiger partial charge in [-0.25, -0.2) is 0 Å². The van der Waals surface area contributed by atoms with Crippen LogP contribution in [0.3, 0.4) is 0 Å². The number of nitrogens with zero attached hydrogens (tertiary/aromatic N) is 1. The predicted octanol–water partition coefficient (Wildman–Crippen LogP) is 1.86. The molecule has 2 aliphatic heterocycles. The number of hydrogen-bond acceptors (Lipinski definition) is 3. The lowest BCUT2D eigenvalue weighted by molar-refractivity contribution is 0.000262. The highest BCUT2D eigenvalue weighted by molar-refractivity contribution is 4.86. The molecule has 2 rings (SSSR count). The molecule has 0 bridgehead atoms. The van der Waals surface area contributed by atoms with Crippen LogP contribution in [0.4, 0.5) is 0 Å². The molecule has 0 aromatic heterocycles. The molecule has 2 N–H and O–H groups in total. The minimum Gasteiger partial charge on any atom is -0.381 e. The topological polar surface area (TPSA) is 38.5 Å². The molecule has 17 heavy (non-hydrogen) atoms. The van der Waals surface area contributed by atoms with E-state index in [4.69, 9.17) is 10.5 Å². The second-order valence-electron chi connectivity index (χ2n) is 6.13. The predicted molar refractivity (Wildman–Crippen MR) is 71.0 cm³/mol. The molecule has 3 nitrogen and oxygen atoms in total. The van der Waals surface area contributed by atoms with Crippen LogP contribution in [0.25, 0.3) is 0 Å². The Labute approximate surface area is 106 Å². The highest BCUT2D eigenvalue weighted by Crippen LogP contribution is 2.31. The lowest BCUT2D eigenvalue weighted by Crippen LogP contribution is -2.46. The average molecular weight is 240 g/mol. The third-order valence-corrected chi connectivity index (χ3v) is 4.65. The van der Waals surface area contributed by atoms with Crippen LogP contribution in [-0.2, 0) is 4.74 Å². The molecule has 100 valence electrons. The Hall–Kier alpha value is -0.120. The van der Waals surface area contributed by atoms with Crippen LogP contribution in [0.1, 0.15) is 39.0 Å². The molecule has 0 saturated carbocycles. The van der Waals surface area contributed by atoms with E-state index in [2.05, 4.69) is 11.8 Å². The maximum atomic E-state index is 6.04. The molecule has 2 fully saturated rings. The maximum absolute atomic E-state index is 6.04. The number of rotatable bonds is 3. The minimum atomic E-state index is 0.339. The van der Waals surface area contributed by atoms with Gasteiger partial charge in [0.05, 0.1) is 0 Å². The molecule has 2 aliphatic rings. The largest absolute Gasteiger partial charge is 0.381 e. The highest BCUT2D eigenvalue weighted by atomic mass is 16.5.